The van der Waals surface area contributed by atoms with E-state index in [4.69, 9.17) is 14.2 Å². The number of hydrogen-bond acceptors (Lipinski definition) is 8. The summed E-state index contributed by atoms with van der Waals surface area (Å²) in [7, 11) is 1.27. The second kappa shape index (κ2) is 9.70. The Labute approximate surface area is 175 Å². The highest BCUT2D eigenvalue weighted by Gasteiger charge is 2.25. The highest BCUT2D eigenvalue weighted by molar-refractivity contribution is 9.10. The van der Waals surface area contributed by atoms with Gasteiger partial charge in [0.05, 0.1) is 20.3 Å². The molecule has 1 aromatic heterocycles. The van der Waals surface area contributed by atoms with E-state index in [1.54, 1.807) is 26.0 Å². The molecule has 28 heavy (non-hydrogen) atoms. The minimum absolute atomic E-state index is 0.0760. The van der Waals surface area contributed by atoms with Crippen LogP contribution in [0.2, 0.25) is 0 Å². The number of thiophene rings is 1. The van der Waals surface area contributed by atoms with Crippen LogP contribution in [0.5, 0.6) is 11.5 Å². The Hall–Kier alpha value is -2.39. The van der Waals surface area contributed by atoms with Gasteiger partial charge < -0.3 is 19.3 Å². The topological polar surface area (TPSA) is 94.4 Å². The lowest BCUT2D eigenvalue weighted by Crippen LogP contribution is -2.07. The summed E-state index contributed by atoms with van der Waals surface area (Å²) in [5.41, 5.74) is 1.03. The molecule has 0 aliphatic heterocycles. The number of esters is 2. The average Bonchev–Trinajstić information content (AvgIpc) is 2.99. The number of aliphatic imine (C=N–C) groups is 1. The number of ether oxygens (including phenoxy) is 3. The van der Waals surface area contributed by atoms with Crippen molar-refractivity contribution in [1.82, 2.24) is 0 Å². The molecule has 0 spiro atoms. The van der Waals surface area contributed by atoms with Gasteiger partial charge in [0.2, 0.25) is 0 Å². The SMILES string of the molecule is CCOC(=O)c1c(N=Cc2cc(Br)cc(OCC)c2O)sc(C(=O)OC)c1C. The molecule has 2 aromatic rings. The number of carbonyl (C=O) groups excluding carboxylic acids is 2. The Morgan fingerprint density at radius 2 is 1.96 bits per heavy atom. The van der Waals surface area contributed by atoms with E-state index in [2.05, 4.69) is 20.9 Å². The van der Waals surface area contributed by atoms with Crippen molar-refractivity contribution >= 4 is 50.4 Å². The van der Waals surface area contributed by atoms with Gasteiger partial charge in [0.25, 0.3) is 0 Å². The van der Waals surface area contributed by atoms with Gasteiger partial charge in [-0.2, -0.15) is 0 Å². The van der Waals surface area contributed by atoms with Gasteiger partial charge in [-0.25, -0.2) is 14.6 Å². The molecule has 0 aliphatic rings. The monoisotopic (exact) mass is 469 g/mol. The Balaban J connectivity index is 2.53. The van der Waals surface area contributed by atoms with Crippen molar-refractivity contribution in [3.63, 3.8) is 0 Å². The van der Waals surface area contributed by atoms with Gasteiger partial charge in [-0.15, -0.1) is 11.3 Å². The van der Waals surface area contributed by atoms with Crippen molar-refractivity contribution in [1.29, 1.82) is 0 Å². The van der Waals surface area contributed by atoms with E-state index < -0.39 is 11.9 Å². The van der Waals surface area contributed by atoms with Crippen molar-refractivity contribution < 1.29 is 28.9 Å². The van der Waals surface area contributed by atoms with Crippen molar-refractivity contribution in [3.05, 3.63) is 38.2 Å². The summed E-state index contributed by atoms with van der Waals surface area (Å²) in [6.07, 6.45) is 1.40. The van der Waals surface area contributed by atoms with Crippen LogP contribution < -0.4 is 4.74 Å². The number of carbonyl (C=O) groups is 2. The molecule has 0 atom stereocenters. The summed E-state index contributed by atoms with van der Waals surface area (Å²) < 4.78 is 15.9. The van der Waals surface area contributed by atoms with E-state index in [1.165, 1.54) is 13.3 Å². The van der Waals surface area contributed by atoms with Crippen LogP contribution in [0.15, 0.2) is 21.6 Å². The minimum atomic E-state index is -0.577. The Morgan fingerprint density at radius 1 is 1.25 bits per heavy atom. The molecule has 150 valence electrons. The van der Waals surface area contributed by atoms with Gasteiger partial charge in [-0.05, 0) is 38.5 Å². The fraction of sp³-hybridized carbons (Fsp3) is 0.316. The summed E-state index contributed by atoms with van der Waals surface area (Å²) in [6, 6.07) is 3.30. The minimum Gasteiger partial charge on any atom is -0.504 e. The second-order valence-corrected chi connectivity index (χ2v) is 7.40. The molecular formula is C19H20BrNO6S. The maximum atomic E-state index is 12.4. The molecule has 0 fully saturated rings. The van der Waals surface area contributed by atoms with Crippen LogP contribution >= 0.6 is 27.3 Å². The lowest BCUT2D eigenvalue weighted by molar-refractivity contribution is 0.0527. The van der Waals surface area contributed by atoms with Crippen molar-refractivity contribution in [2.45, 2.75) is 20.8 Å². The van der Waals surface area contributed by atoms with Crippen molar-refractivity contribution in [2.24, 2.45) is 4.99 Å². The number of benzene rings is 1. The highest BCUT2D eigenvalue weighted by Crippen LogP contribution is 2.38. The molecule has 1 aromatic carbocycles. The molecule has 2 rings (SSSR count). The molecule has 0 aliphatic carbocycles. The lowest BCUT2D eigenvalue weighted by atomic mass is 10.1. The van der Waals surface area contributed by atoms with Gasteiger partial charge in [0, 0.05) is 16.3 Å². The average molecular weight is 470 g/mol. The molecule has 7 nitrogen and oxygen atoms in total. The fourth-order valence-corrected chi connectivity index (χ4v) is 3.92. The molecule has 0 saturated heterocycles. The first-order valence-electron chi connectivity index (χ1n) is 8.42. The van der Waals surface area contributed by atoms with E-state index in [9.17, 15) is 14.7 Å². The Bertz CT molecular complexity index is 922. The van der Waals surface area contributed by atoms with Crippen LogP contribution in [0, 0.1) is 6.92 Å². The molecule has 9 heteroatoms. The number of rotatable bonds is 7. The zero-order chi connectivity index (χ0) is 20.8. The van der Waals surface area contributed by atoms with E-state index in [0.717, 1.165) is 11.3 Å². The smallest absolute Gasteiger partial charge is 0.348 e. The van der Waals surface area contributed by atoms with Crippen LogP contribution in [0.1, 0.15) is 45.0 Å². The molecule has 0 amide bonds. The first-order chi connectivity index (χ1) is 13.3. The summed E-state index contributed by atoms with van der Waals surface area (Å²) in [5, 5.41) is 10.7. The van der Waals surface area contributed by atoms with Gasteiger partial charge in [0.1, 0.15) is 15.4 Å². The largest absolute Gasteiger partial charge is 0.504 e. The van der Waals surface area contributed by atoms with Gasteiger partial charge in [-0.1, -0.05) is 15.9 Å². The quantitative estimate of drug-likeness (QED) is 0.468. The third-order valence-electron chi connectivity index (χ3n) is 3.67. The van der Waals surface area contributed by atoms with E-state index in [1.807, 2.05) is 6.92 Å². The molecular weight excluding hydrogens is 450 g/mol. The van der Waals surface area contributed by atoms with Crippen molar-refractivity contribution in [3.8, 4) is 11.5 Å². The third-order valence-corrected chi connectivity index (χ3v) is 5.31. The lowest BCUT2D eigenvalue weighted by Gasteiger charge is -2.08. The number of methoxy groups -OCH3 is 1. The maximum Gasteiger partial charge on any atom is 0.348 e. The van der Waals surface area contributed by atoms with E-state index in [0.29, 0.717) is 28.0 Å². The number of nitrogens with zero attached hydrogens (tertiary/aromatic N) is 1. The zero-order valence-electron chi connectivity index (χ0n) is 15.9. The van der Waals surface area contributed by atoms with Gasteiger partial charge >= 0.3 is 11.9 Å². The molecule has 1 N–H and O–H groups in total. The van der Waals surface area contributed by atoms with E-state index in [-0.39, 0.29) is 27.8 Å². The normalized spacial score (nSPS) is 10.9. The molecule has 0 unspecified atom stereocenters. The summed E-state index contributed by atoms with van der Waals surface area (Å²) in [4.78, 5) is 29.0. The van der Waals surface area contributed by atoms with Crippen LogP contribution in [-0.2, 0) is 9.47 Å². The molecule has 0 saturated carbocycles. The zero-order valence-corrected chi connectivity index (χ0v) is 18.3. The fourth-order valence-electron chi connectivity index (χ4n) is 2.41. The van der Waals surface area contributed by atoms with Crippen molar-refractivity contribution in [2.75, 3.05) is 20.3 Å². The maximum absolute atomic E-state index is 12.4. The third kappa shape index (κ3) is 4.71. The van der Waals surface area contributed by atoms with Gasteiger partial charge in [-0.3, -0.25) is 0 Å². The number of hydrogen-bond donors (Lipinski definition) is 1. The van der Waals surface area contributed by atoms with Crippen LogP contribution in [0.3, 0.4) is 0 Å². The van der Waals surface area contributed by atoms with Crippen LogP contribution in [0.4, 0.5) is 5.00 Å². The number of phenolic OH excluding ortho intramolecular Hbond substituents is 1. The molecule has 0 radical (unpaired) electrons. The number of halogens is 1. The van der Waals surface area contributed by atoms with Crippen LogP contribution in [-0.4, -0.2) is 43.6 Å². The summed E-state index contributed by atoms with van der Waals surface area (Å²) >= 11 is 4.38. The molecule has 1 heterocycles. The molecule has 0 bridgehead atoms. The first kappa shape index (κ1) is 21.9. The summed E-state index contributed by atoms with van der Waals surface area (Å²) in [6.45, 7) is 5.72. The predicted octanol–water partition coefficient (Wildman–Crippen LogP) is 4.64. The summed E-state index contributed by atoms with van der Waals surface area (Å²) in [5.74, 6) is -0.903. The van der Waals surface area contributed by atoms with Gasteiger partial charge in [0.15, 0.2) is 11.5 Å². The highest BCUT2D eigenvalue weighted by atomic mass is 79.9. The van der Waals surface area contributed by atoms with E-state index >= 15 is 0 Å². The first-order valence-corrected chi connectivity index (χ1v) is 10.0. The van der Waals surface area contributed by atoms with Crippen LogP contribution in [0.25, 0.3) is 0 Å². The number of aromatic hydroxyl groups is 1. The second-order valence-electron chi connectivity index (χ2n) is 5.48. The number of phenols is 1. The standard InChI is InChI=1S/C19H20BrNO6S/c1-5-26-13-8-12(20)7-11(15(13)22)9-21-17-14(18(23)27-6-2)10(3)16(28-17)19(24)25-4/h7-9,22H,5-6H2,1-4H3. The Kier molecular flexibility index (Phi) is 7.59. The predicted molar refractivity (Wildman–Crippen MR) is 111 cm³/mol. The Morgan fingerprint density at radius 3 is 2.57 bits per heavy atom.